The molecule has 0 aliphatic heterocycles. The Morgan fingerprint density at radius 2 is 1.71 bits per heavy atom. The molecule has 0 spiro atoms. The average molecular weight is 492 g/mol. The van der Waals surface area contributed by atoms with Gasteiger partial charge in [-0.15, -0.1) is 0 Å². The maximum Gasteiger partial charge on any atom is 0.242 e. The highest BCUT2D eigenvalue weighted by Crippen LogP contribution is 2.22. The van der Waals surface area contributed by atoms with Gasteiger partial charge < -0.3 is 10.2 Å². The molecule has 2 aromatic rings. The van der Waals surface area contributed by atoms with E-state index in [4.69, 9.17) is 0 Å². The molecular formula is C25H34FN3O4S. The Morgan fingerprint density at radius 3 is 2.26 bits per heavy atom. The normalized spacial score (nSPS) is 12.2. The summed E-state index contributed by atoms with van der Waals surface area (Å²) in [6.07, 6.45) is 1.39. The number of nitrogens with one attached hydrogen (secondary N) is 1. The molecule has 2 rings (SSSR count). The maximum absolute atomic E-state index is 14.3. The summed E-state index contributed by atoms with van der Waals surface area (Å²) in [6, 6.07) is 10.8. The lowest BCUT2D eigenvalue weighted by atomic mass is 10.1. The third-order valence-corrected chi connectivity index (χ3v) is 6.66. The summed E-state index contributed by atoms with van der Waals surface area (Å²) in [4.78, 5) is 26.9. The Hall–Kier alpha value is -2.94. The molecular weight excluding hydrogens is 457 g/mol. The van der Waals surface area contributed by atoms with Crippen molar-refractivity contribution in [3.8, 4) is 0 Å². The summed E-state index contributed by atoms with van der Waals surface area (Å²) in [6.45, 7) is 7.62. The number of rotatable bonds is 11. The lowest BCUT2D eigenvalue weighted by molar-refractivity contribution is -0.140. The minimum Gasteiger partial charge on any atom is -0.355 e. The number of carbonyl (C=O) groups excluding carboxylic acids is 2. The molecule has 0 heterocycles. The number of sulfonamides is 1. The van der Waals surface area contributed by atoms with Crippen molar-refractivity contribution in [1.82, 2.24) is 10.2 Å². The molecule has 186 valence electrons. The van der Waals surface area contributed by atoms with Crippen LogP contribution in [0.5, 0.6) is 0 Å². The maximum atomic E-state index is 14.3. The molecule has 0 radical (unpaired) electrons. The third-order valence-electron chi connectivity index (χ3n) is 5.46. The van der Waals surface area contributed by atoms with Crippen LogP contribution in [0.3, 0.4) is 0 Å². The van der Waals surface area contributed by atoms with Crippen molar-refractivity contribution < 1.29 is 22.4 Å². The molecule has 0 saturated heterocycles. The van der Waals surface area contributed by atoms with Gasteiger partial charge in [0.1, 0.15) is 11.9 Å². The van der Waals surface area contributed by atoms with Crippen molar-refractivity contribution in [2.75, 3.05) is 23.7 Å². The van der Waals surface area contributed by atoms with E-state index in [1.165, 1.54) is 15.3 Å². The lowest BCUT2D eigenvalue weighted by Crippen LogP contribution is -2.47. The Kier molecular flexibility index (Phi) is 9.61. The van der Waals surface area contributed by atoms with Gasteiger partial charge >= 0.3 is 0 Å². The first-order valence-electron chi connectivity index (χ1n) is 11.3. The predicted molar refractivity (Wildman–Crippen MR) is 132 cm³/mol. The first-order chi connectivity index (χ1) is 15.9. The first kappa shape index (κ1) is 27.3. The average Bonchev–Trinajstić information content (AvgIpc) is 2.74. The van der Waals surface area contributed by atoms with E-state index < -0.39 is 21.9 Å². The van der Waals surface area contributed by atoms with E-state index in [9.17, 15) is 22.4 Å². The van der Waals surface area contributed by atoms with E-state index in [1.54, 1.807) is 44.2 Å². The minimum absolute atomic E-state index is 0.00894. The fraction of sp³-hybridized carbons (Fsp3) is 0.440. The van der Waals surface area contributed by atoms with Crippen LogP contribution in [0, 0.1) is 19.7 Å². The highest BCUT2D eigenvalue weighted by Gasteiger charge is 2.27. The molecule has 0 saturated carbocycles. The second-order valence-electron chi connectivity index (χ2n) is 8.47. The fourth-order valence-electron chi connectivity index (χ4n) is 3.81. The Balaban J connectivity index is 2.19. The van der Waals surface area contributed by atoms with Crippen molar-refractivity contribution in [2.45, 2.75) is 53.1 Å². The Labute approximate surface area is 202 Å². The van der Waals surface area contributed by atoms with Crippen LogP contribution in [0.1, 0.15) is 43.4 Å². The number of benzene rings is 2. The molecule has 0 bridgehead atoms. The van der Waals surface area contributed by atoms with E-state index in [0.717, 1.165) is 17.4 Å². The van der Waals surface area contributed by atoms with Gasteiger partial charge in [0.05, 0.1) is 11.9 Å². The van der Waals surface area contributed by atoms with Crippen molar-refractivity contribution in [3.05, 3.63) is 65.0 Å². The van der Waals surface area contributed by atoms with E-state index in [1.807, 2.05) is 19.9 Å². The molecule has 7 nitrogen and oxygen atoms in total. The summed E-state index contributed by atoms with van der Waals surface area (Å²) < 4.78 is 40.4. The first-order valence-corrected chi connectivity index (χ1v) is 13.2. The van der Waals surface area contributed by atoms with E-state index >= 15 is 0 Å². The molecule has 1 N–H and O–H groups in total. The van der Waals surface area contributed by atoms with Gasteiger partial charge in [-0.3, -0.25) is 13.9 Å². The van der Waals surface area contributed by atoms with Crippen molar-refractivity contribution in [1.29, 1.82) is 0 Å². The summed E-state index contributed by atoms with van der Waals surface area (Å²) in [5.74, 6) is -1.14. The van der Waals surface area contributed by atoms with Crippen LogP contribution < -0.4 is 9.62 Å². The van der Waals surface area contributed by atoms with Gasteiger partial charge in [-0.2, -0.15) is 0 Å². The van der Waals surface area contributed by atoms with Crippen molar-refractivity contribution in [3.63, 3.8) is 0 Å². The molecule has 34 heavy (non-hydrogen) atoms. The van der Waals surface area contributed by atoms with Crippen LogP contribution in [-0.2, 0) is 26.2 Å². The lowest BCUT2D eigenvalue weighted by Gasteiger charge is -2.29. The Morgan fingerprint density at radius 1 is 1.09 bits per heavy atom. The third kappa shape index (κ3) is 7.55. The SMILES string of the molecule is CCNC(=O)[C@@H](C)N(Cc1ccccc1F)C(=O)CCCN(c1cc(C)cc(C)c1)S(C)(=O)=O. The van der Waals surface area contributed by atoms with E-state index in [-0.39, 0.29) is 37.7 Å². The van der Waals surface area contributed by atoms with Crippen LogP contribution in [-0.4, -0.2) is 50.5 Å². The van der Waals surface area contributed by atoms with E-state index in [2.05, 4.69) is 5.32 Å². The standard InChI is InChI=1S/C25H34FN3O4S/c1-6-27-25(31)20(4)28(17-21-10-7-8-11-23(21)26)24(30)12-9-13-29(34(5,32)33)22-15-18(2)14-19(3)16-22/h7-8,10-11,14-16,20H,6,9,12-13,17H2,1-5H3,(H,27,31)/t20-/m1/s1. The molecule has 2 aromatic carbocycles. The molecule has 9 heteroatoms. The second-order valence-corrected chi connectivity index (χ2v) is 10.4. The highest BCUT2D eigenvalue weighted by molar-refractivity contribution is 7.92. The van der Waals surface area contributed by atoms with Crippen LogP contribution in [0.2, 0.25) is 0 Å². The molecule has 2 amide bonds. The molecule has 0 aromatic heterocycles. The number of carbonyl (C=O) groups is 2. The number of amides is 2. The number of halogens is 1. The molecule has 0 unspecified atom stereocenters. The van der Waals surface area contributed by atoms with Crippen LogP contribution in [0.15, 0.2) is 42.5 Å². The predicted octanol–water partition coefficient (Wildman–Crippen LogP) is 3.54. The van der Waals surface area contributed by atoms with E-state index in [0.29, 0.717) is 17.8 Å². The van der Waals surface area contributed by atoms with Gasteiger partial charge in [-0.25, -0.2) is 12.8 Å². The zero-order chi connectivity index (χ0) is 25.5. The Bertz CT molecular complexity index is 1100. The zero-order valence-electron chi connectivity index (χ0n) is 20.5. The molecule has 0 aliphatic rings. The van der Waals surface area contributed by atoms with Gasteiger partial charge in [0.2, 0.25) is 21.8 Å². The van der Waals surface area contributed by atoms with Gasteiger partial charge in [0.15, 0.2) is 0 Å². The number of hydrogen-bond donors (Lipinski definition) is 1. The summed E-state index contributed by atoms with van der Waals surface area (Å²) in [5, 5.41) is 2.69. The van der Waals surface area contributed by atoms with Crippen LogP contribution >= 0.6 is 0 Å². The second kappa shape index (κ2) is 12.0. The summed E-state index contributed by atoms with van der Waals surface area (Å²) in [5.41, 5.74) is 2.73. The van der Waals surface area contributed by atoms with Gasteiger partial charge in [0, 0.05) is 31.6 Å². The highest BCUT2D eigenvalue weighted by atomic mass is 32.2. The van der Waals surface area contributed by atoms with Gasteiger partial charge in [-0.05, 0) is 63.4 Å². The quantitative estimate of drug-likeness (QED) is 0.521. The van der Waals surface area contributed by atoms with Crippen molar-refractivity contribution >= 4 is 27.5 Å². The van der Waals surface area contributed by atoms with Crippen molar-refractivity contribution in [2.24, 2.45) is 0 Å². The van der Waals surface area contributed by atoms with Gasteiger partial charge in [0.25, 0.3) is 0 Å². The summed E-state index contributed by atoms with van der Waals surface area (Å²) >= 11 is 0. The number of aryl methyl sites for hydroxylation is 2. The summed E-state index contributed by atoms with van der Waals surface area (Å²) in [7, 11) is -3.57. The molecule has 1 atom stereocenters. The van der Waals surface area contributed by atoms with Crippen LogP contribution in [0.25, 0.3) is 0 Å². The fourth-order valence-corrected chi connectivity index (χ4v) is 4.76. The minimum atomic E-state index is -3.57. The topological polar surface area (TPSA) is 86.8 Å². The number of likely N-dealkylation sites (N-methyl/N-ethyl adjacent to an activating group) is 1. The zero-order valence-corrected chi connectivity index (χ0v) is 21.3. The smallest absolute Gasteiger partial charge is 0.242 e. The van der Waals surface area contributed by atoms with Crippen LogP contribution in [0.4, 0.5) is 10.1 Å². The monoisotopic (exact) mass is 491 g/mol. The van der Waals surface area contributed by atoms with Gasteiger partial charge in [-0.1, -0.05) is 24.3 Å². The molecule has 0 fully saturated rings. The number of nitrogens with zero attached hydrogens (tertiary/aromatic N) is 2. The molecule has 0 aliphatic carbocycles. The number of anilines is 1. The number of hydrogen-bond acceptors (Lipinski definition) is 4. The largest absolute Gasteiger partial charge is 0.355 e.